The molecular weight excluding hydrogens is 338 g/mol. The van der Waals surface area contributed by atoms with Crippen LogP contribution in [0.4, 0.5) is 0 Å². The van der Waals surface area contributed by atoms with Gasteiger partial charge in [0.1, 0.15) is 5.76 Å². The van der Waals surface area contributed by atoms with E-state index in [1.54, 1.807) is 0 Å². The highest BCUT2D eigenvalue weighted by molar-refractivity contribution is 5.53. The maximum absolute atomic E-state index is 5.87. The maximum Gasteiger partial charge on any atom is 0.226 e. The molecule has 2 aromatic carbocycles. The van der Waals surface area contributed by atoms with Crippen LogP contribution in [0.3, 0.4) is 0 Å². The van der Waals surface area contributed by atoms with Crippen LogP contribution in [0.25, 0.3) is 11.5 Å². The van der Waals surface area contributed by atoms with E-state index >= 15 is 0 Å². The Morgan fingerprint density at radius 1 is 0.963 bits per heavy atom. The van der Waals surface area contributed by atoms with Crippen LogP contribution in [-0.2, 0) is 15.9 Å². The van der Waals surface area contributed by atoms with E-state index in [0.29, 0.717) is 19.1 Å². The highest BCUT2D eigenvalue weighted by atomic mass is 16.7. The van der Waals surface area contributed by atoms with E-state index in [1.165, 1.54) is 11.1 Å². The highest BCUT2D eigenvalue weighted by Crippen LogP contribution is 2.28. The van der Waals surface area contributed by atoms with Gasteiger partial charge in [-0.25, -0.2) is 4.98 Å². The number of aryl methyl sites for hydroxylation is 1. The third-order valence-corrected chi connectivity index (χ3v) is 5.00. The Kier molecular flexibility index (Phi) is 4.85. The second-order valence-corrected chi connectivity index (χ2v) is 7.53. The van der Waals surface area contributed by atoms with Gasteiger partial charge in [-0.05, 0) is 44.0 Å². The molecule has 0 atom stereocenters. The first-order valence-electron chi connectivity index (χ1n) is 9.39. The third-order valence-electron chi connectivity index (χ3n) is 5.00. The largest absolute Gasteiger partial charge is 0.441 e. The quantitative estimate of drug-likeness (QED) is 0.646. The lowest BCUT2D eigenvalue weighted by molar-refractivity contribution is -0.251. The zero-order valence-electron chi connectivity index (χ0n) is 16.1. The van der Waals surface area contributed by atoms with E-state index in [2.05, 4.69) is 24.3 Å². The van der Waals surface area contributed by atoms with Gasteiger partial charge in [0.2, 0.25) is 5.89 Å². The van der Waals surface area contributed by atoms with Crippen LogP contribution < -0.4 is 0 Å². The molecule has 3 aromatic rings. The number of ether oxygens (including phenoxy) is 2. The Bertz CT molecular complexity index is 887. The summed E-state index contributed by atoms with van der Waals surface area (Å²) in [4.78, 5) is 4.70. The number of aromatic nitrogens is 1. The number of rotatable bonds is 4. The topological polar surface area (TPSA) is 44.5 Å². The first-order valence-corrected chi connectivity index (χ1v) is 9.39. The van der Waals surface area contributed by atoms with Crippen LogP contribution in [0.15, 0.2) is 59.0 Å². The summed E-state index contributed by atoms with van der Waals surface area (Å²) in [6.45, 7) is 7.26. The molecular formula is C23H25NO3. The minimum Gasteiger partial charge on any atom is -0.441 e. The Morgan fingerprint density at radius 2 is 1.63 bits per heavy atom. The van der Waals surface area contributed by atoms with Crippen LogP contribution >= 0.6 is 0 Å². The zero-order valence-corrected chi connectivity index (χ0v) is 16.1. The fourth-order valence-corrected chi connectivity index (χ4v) is 3.28. The minimum absolute atomic E-state index is 0.283. The van der Waals surface area contributed by atoms with Crippen LogP contribution in [0.1, 0.15) is 42.3 Å². The second kappa shape index (κ2) is 7.29. The lowest BCUT2D eigenvalue weighted by Gasteiger charge is -2.35. The van der Waals surface area contributed by atoms with Crippen molar-refractivity contribution in [1.82, 2.24) is 4.98 Å². The lowest BCUT2D eigenvalue weighted by atomic mass is 9.97. The van der Waals surface area contributed by atoms with Crippen LogP contribution in [0.5, 0.6) is 0 Å². The maximum atomic E-state index is 5.87. The predicted molar refractivity (Wildman–Crippen MR) is 105 cm³/mol. The average Bonchev–Trinajstić information content (AvgIpc) is 3.04. The van der Waals surface area contributed by atoms with Gasteiger partial charge in [-0.15, -0.1) is 0 Å². The first kappa shape index (κ1) is 18.0. The summed E-state index contributed by atoms with van der Waals surface area (Å²) in [5.41, 5.74) is 4.44. The fourth-order valence-electron chi connectivity index (χ4n) is 3.28. The second-order valence-electron chi connectivity index (χ2n) is 7.53. The molecule has 0 bridgehead atoms. The van der Waals surface area contributed by atoms with Crippen LogP contribution in [0.2, 0.25) is 0 Å². The van der Waals surface area contributed by atoms with Crippen LogP contribution in [0, 0.1) is 6.92 Å². The Morgan fingerprint density at radius 3 is 2.30 bits per heavy atom. The van der Waals surface area contributed by atoms with E-state index in [0.717, 1.165) is 23.4 Å². The molecule has 1 aliphatic rings. The molecule has 4 rings (SSSR count). The van der Waals surface area contributed by atoms with Gasteiger partial charge < -0.3 is 13.9 Å². The first-order chi connectivity index (χ1) is 13.0. The normalized spacial score (nSPS) is 17.1. The molecule has 0 spiro atoms. The Labute approximate surface area is 160 Å². The molecule has 0 aliphatic carbocycles. The monoisotopic (exact) mass is 363 g/mol. The van der Waals surface area contributed by atoms with E-state index in [1.807, 2.05) is 51.1 Å². The van der Waals surface area contributed by atoms with Crippen molar-refractivity contribution in [3.05, 3.63) is 77.2 Å². The molecule has 4 heteroatoms. The summed E-state index contributed by atoms with van der Waals surface area (Å²) >= 11 is 0. The molecule has 0 unspecified atom stereocenters. The smallest absolute Gasteiger partial charge is 0.226 e. The molecule has 1 saturated heterocycles. The number of oxazole rings is 1. The molecule has 1 aromatic heterocycles. The van der Waals surface area contributed by atoms with Gasteiger partial charge in [0, 0.05) is 17.9 Å². The van der Waals surface area contributed by atoms with Gasteiger partial charge >= 0.3 is 0 Å². The standard InChI is InChI=1S/C23H25NO3/c1-16-21(24-22(27-16)19-7-5-4-6-8-19)13-17-9-11-18(12-10-17)20-14-25-23(2,3)26-15-20/h4-12,20H,13-15H2,1-3H3. The van der Waals surface area contributed by atoms with Gasteiger partial charge in [0.25, 0.3) is 0 Å². The summed E-state index contributed by atoms with van der Waals surface area (Å²) < 4.78 is 17.4. The van der Waals surface area contributed by atoms with Crippen molar-refractivity contribution >= 4 is 0 Å². The highest BCUT2D eigenvalue weighted by Gasteiger charge is 2.29. The van der Waals surface area contributed by atoms with E-state index in [9.17, 15) is 0 Å². The van der Waals surface area contributed by atoms with Gasteiger partial charge in [-0.1, -0.05) is 42.5 Å². The van der Waals surface area contributed by atoms with Gasteiger partial charge in [0.05, 0.1) is 18.9 Å². The van der Waals surface area contributed by atoms with Gasteiger partial charge in [0.15, 0.2) is 5.79 Å². The summed E-state index contributed by atoms with van der Waals surface area (Å²) in [5.74, 6) is 1.36. The number of hydrogen-bond acceptors (Lipinski definition) is 4. The SMILES string of the molecule is Cc1oc(-c2ccccc2)nc1Cc1ccc(C2COC(C)(C)OC2)cc1. The van der Waals surface area contributed by atoms with Crippen molar-refractivity contribution in [1.29, 1.82) is 0 Å². The van der Waals surface area contributed by atoms with Crippen molar-refractivity contribution in [3.8, 4) is 11.5 Å². The van der Waals surface area contributed by atoms with Gasteiger partial charge in [-0.3, -0.25) is 0 Å². The summed E-state index contributed by atoms with van der Waals surface area (Å²) in [7, 11) is 0. The van der Waals surface area contributed by atoms with Crippen LogP contribution in [-0.4, -0.2) is 24.0 Å². The lowest BCUT2D eigenvalue weighted by Crippen LogP contribution is -2.38. The summed E-state index contributed by atoms with van der Waals surface area (Å²) in [6, 6.07) is 18.7. The van der Waals surface area contributed by atoms with Crippen molar-refractivity contribution < 1.29 is 13.9 Å². The Hall–Kier alpha value is -2.43. The molecule has 0 N–H and O–H groups in total. The molecule has 0 radical (unpaired) electrons. The summed E-state index contributed by atoms with van der Waals surface area (Å²) in [6.07, 6.45) is 0.757. The Balaban J connectivity index is 1.45. The van der Waals surface area contributed by atoms with Gasteiger partial charge in [-0.2, -0.15) is 0 Å². The van der Waals surface area contributed by atoms with E-state index in [-0.39, 0.29) is 5.92 Å². The van der Waals surface area contributed by atoms with Crippen molar-refractivity contribution in [2.75, 3.05) is 13.2 Å². The summed E-state index contributed by atoms with van der Waals surface area (Å²) in [5, 5.41) is 0. The molecule has 0 saturated carbocycles. The van der Waals surface area contributed by atoms with Crippen molar-refractivity contribution in [2.24, 2.45) is 0 Å². The fraction of sp³-hybridized carbons (Fsp3) is 0.348. The molecule has 0 amide bonds. The molecule has 27 heavy (non-hydrogen) atoms. The van der Waals surface area contributed by atoms with Crippen molar-refractivity contribution in [2.45, 2.75) is 38.9 Å². The molecule has 140 valence electrons. The predicted octanol–water partition coefficient (Wildman–Crippen LogP) is 5.11. The number of benzene rings is 2. The molecule has 1 fully saturated rings. The molecule has 1 aliphatic heterocycles. The van der Waals surface area contributed by atoms with E-state index < -0.39 is 5.79 Å². The van der Waals surface area contributed by atoms with Crippen molar-refractivity contribution in [3.63, 3.8) is 0 Å². The number of hydrogen-bond donors (Lipinski definition) is 0. The molecule has 2 heterocycles. The average molecular weight is 363 g/mol. The third kappa shape index (κ3) is 4.12. The van der Waals surface area contributed by atoms with E-state index in [4.69, 9.17) is 18.9 Å². The zero-order chi connectivity index (χ0) is 18.9. The molecule has 4 nitrogen and oxygen atoms in total. The number of nitrogens with zero attached hydrogens (tertiary/aromatic N) is 1. The minimum atomic E-state index is -0.475.